The molecule has 6 nitrogen and oxygen atoms in total. The zero-order valence-corrected chi connectivity index (χ0v) is 11.6. The maximum Gasteiger partial charge on any atom is 0.307 e. The number of nitrogen functional groups attached to an aromatic ring is 1. The lowest BCUT2D eigenvalue weighted by Gasteiger charge is -2.34. The van der Waals surface area contributed by atoms with E-state index in [0.29, 0.717) is 17.4 Å². The zero-order chi connectivity index (χ0) is 13.8. The van der Waals surface area contributed by atoms with Crippen LogP contribution in [0.15, 0.2) is 5.38 Å². The lowest BCUT2D eigenvalue weighted by molar-refractivity contribution is -0.142. The summed E-state index contributed by atoms with van der Waals surface area (Å²) in [5, 5.41) is 2.03. The van der Waals surface area contributed by atoms with Gasteiger partial charge in [0.05, 0.1) is 13.5 Å². The molecule has 1 unspecified atom stereocenters. The molecule has 2 rings (SSSR count). The zero-order valence-electron chi connectivity index (χ0n) is 10.8. The number of piperidine rings is 1. The van der Waals surface area contributed by atoms with Crippen LogP contribution in [0.5, 0.6) is 0 Å². The van der Waals surface area contributed by atoms with Crippen molar-refractivity contribution in [2.75, 3.05) is 19.4 Å². The molecular formula is C12H17N3O3S. The van der Waals surface area contributed by atoms with E-state index in [0.717, 1.165) is 19.3 Å². The number of methoxy groups -OCH3 is 1. The molecule has 2 N–H and O–H groups in total. The number of thiazole rings is 1. The van der Waals surface area contributed by atoms with Gasteiger partial charge in [-0.3, -0.25) is 9.59 Å². The SMILES string of the molecule is COC(=O)CC1CCCCN1C(=O)c1csc(N)n1. The van der Waals surface area contributed by atoms with E-state index >= 15 is 0 Å². The second-order valence-electron chi connectivity index (χ2n) is 4.50. The summed E-state index contributed by atoms with van der Waals surface area (Å²) in [5.41, 5.74) is 5.91. The predicted molar refractivity (Wildman–Crippen MR) is 71.8 cm³/mol. The number of anilines is 1. The van der Waals surface area contributed by atoms with E-state index in [9.17, 15) is 9.59 Å². The van der Waals surface area contributed by atoms with Crippen molar-refractivity contribution < 1.29 is 14.3 Å². The highest BCUT2D eigenvalue weighted by Gasteiger charge is 2.30. The monoisotopic (exact) mass is 283 g/mol. The van der Waals surface area contributed by atoms with E-state index in [1.165, 1.54) is 18.4 Å². The number of likely N-dealkylation sites (tertiary alicyclic amines) is 1. The average molecular weight is 283 g/mol. The Balaban J connectivity index is 2.10. The number of hydrogen-bond acceptors (Lipinski definition) is 6. The van der Waals surface area contributed by atoms with Crippen molar-refractivity contribution in [3.05, 3.63) is 11.1 Å². The summed E-state index contributed by atoms with van der Waals surface area (Å²) in [5.74, 6) is -0.441. The lowest BCUT2D eigenvalue weighted by atomic mass is 9.99. The van der Waals surface area contributed by atoms with Gasteiger partial charge in [0.25, 0.3) is 5.91 Å². The lowest BCUT2D eigenvalue weighted by Crippen LogP contribution is -2.45. The Morgan fingerprint density at radius 3 is 3.00 bits per heavy atom. The Kier molecular flexibility index (Phi) is 4.36. The van der Waals surface area contributed by atoms with Gasteiger partial charge in [-0.05, 0) is 19.3 Å². The van der Waals surface area contributed by atoms with E-state index in [4.69, 9.17) is 5.73 Å². The second-order valence-corrected chi connectivity index (χ2v) is 5.39. The highest BCUT2D eigenvalue weighted by Crippen LogP contribution is 2.23. The summed E-state index contributed by atoms with van der Waals surface area (Å²) in [6, 6.07) is -0.100. The van der Waals surface area contributed by atoms with E-state index in [1.54, 1.807) is 10.3 Å². The molecule has 0 aliphatic carbocycles. The number of aromatic nitrogens is 1. The Hall–Kier alpha value is -1.63. The van der Waals surface area contributed by atoms with E-state index in [1.807, 2.05) is 0 Å². The van der Waals surface area contributed by atoms with Gasteiger partial charge in [0, 0.05) is 18.0 Å². The van der Waals surface area contributed by atoms with Crippen LogP contribution in [0.25, 0.3) is 0 Å². The molecule has 1 aliphatic rings. The van der Waals surface area contributed by atoms with Crippen LogP contribution in [0.2, 0.25) is 0 Å². The largest absolute Gasteiger partial charge is 0.469 e. The van der Waals surface area contributed by atoms with Crippen LogP contribution in [0.3, 0.4) is 0 Å². The molecule has 1 amide bonds. The molecule has 0 aromatic carbocycles. The van der Waals surface area contributed by atoms with Crippen LogP contribution in [0.4, 0.5) is 5.13 Å². The molecule has 1 fully saturated rings. The normalized spacial score (nSPS) is 19.2. The maximum atomic E-state index is 12.4. The third-order valence-electron chi connectivity index (χ3n) is 3.26. The number of amides is 1. The molecule has 1 aromatic rings. The molecule has 0 saturated carbocycles. The van der Waals surface area contributed by atoms with Crippen molar-refractivity contribution in [2.45, 2.75) is 31.7 Å². The van der Waals surface area contributed by atoms with Crippen LogP contribution in [-0.2, 0) is 9.53 Å². The molecule has 0 radical (unpaired) electrons. The number of ether oxygens (including phenoxy) is 1. The van der Waals surface area contributed by atoms with Crippen molar-refractivity contribution >= 4 is 28.3 Å². The fraction of sp³-hybridized carbons (Fsp3) is 0.583. The highest BCUT2D eigenvalue weighted by atomic mass is 32.1. The first-order chi connectivity index (χ1) is 9.11. The van der Waals surface area contributed by atoms with Crippen LogP contribution in [-0.4, -0.2) is 41.5 Å². The first kappa shape index (κ1) is 13.8. The Labute approximate surface area is 115 Å². The van der Waals surface area contributed by atoms with Crippen molar-refractivity contribution in [3.63, 3.8) is 0 Å². The van der Waals surface area contributed by atoms with Crippen molar-refractivity contribution in [1.29, 1.82) is 0 Å². The molecule has 19 heavy (non-hydrogen) atoms. The second kappa shape index (κ2) is 6.01. The van der Waals surface area contributed by atoms with Crippen LogP contribution in [0.1, 0.15) is 36.2 Å². The van der Waals surface area contributed by atoms with Gasteiger partial charge < -0.3 is 15.4 Å². The summed E-state index contributed by atoms with van der Waals surface area (Å²) in [6.45, 7) is 0.651. The minimum atomic E-state index is -0.289. The topological polar surface area (TPSA) is 85.5 Å². The maximum absolute atomic E-state index is 12.4. The first-order valence-electron chi connectivity index (χ1n) is 6.20. The number of hydrogen-bond donors (Lipinski definition) is 1. The minimum absolute atomic E-state index is 0.100. The highest BCUT2D eigenvalue weighted by molar-refractivity contribution is 7.13. The van der Waals surface area contributed by atoms with Crippen molar-refractivity contribution in [2.24, 2.45) is 0 Å². The van der Waals surface area contributed by atoms with Crippen molar-refractivity contribution in [1.82, 2.24) is 9.88 Å². The Morgan fingerprint density at radius 1 is 1.58 bits per heavy atom. The van der Waals surface area contributed by atoms with Gasteiger partial charge in [-0.15, -0.1) is 11.3 Å². The summed E-state index contributed by atoms with van der Waals surface area (Å²) in [7, 11) is 1.36. The molecule has 1 aliphatic heterocycles. The Morgan fingerprint density at radius 2 is 2.37 bits per heavy atom. The van der Waals surface area contributed by atoms with Crippen LogP contribution >= 0.6 is 11.3 Å². The minimum Gasteiger partial charge on any atom is -0.469 e. The van der Waals surface area contributed by atoms with Gasteiger partial charge >= 0.3 is 5.97 Å². The van der Waals surface area contributed by atoms with Gasteiger partial charge in [-0.25, -0.2) is 4.98 Å². The van der Waals surface area contributed by atoms with Crippen molar-refractivity contribution in [3.8, 4) is 0 Å². The summed E-state index contributed by atoms with van der Waals surface area (Å²) < 4.78 is 4.68. The summed E-state index contributed by atoms with van der Waals surface area (Å²) >= 11 is 1.24. The molecule has 0 bridgehead atoms. The predicted octanol–water partition coefficient (Wildman–Crippen LogP) is 1.28. The number of carbonyl (C=O) groups is 2. The smallest absolute Gasteiger partial charge is 0.307 e. The van der Waals surface area contributed by atoms with E-state index in [2.05, 4.69) is 9.72 Å². The van der Waals surface area contributed by atoms with Crippen LogP contribution < -0.4 is 5.73 Å². The molecule has 7 heteroatoms. The molecule has 1 saturated heterocycles. The van der Waals surface area contributed by atoms with Gasteiger partial charge in [0.2, 0.25) is 0 Å². The van der Waals surface area contributed by atoms with Gasteiger partial charge in [0.15, 0.2) is 5.13 Å². The Bertz CT molecular complexity index is 475. The quantitative estimate of drug-likeness (QED) is 0.845. The summed E-state index contributed by atoms with van der Waals surface area (Å²) in [4.78, 5) is 29.5. The van der Waals surface area contributed by atoms with Gasteiger partial charge in [-0.2, -0.15) is 0 Å². The first-order valence-corrected chi connectivity index (χ1v) is 7.08. The number of rotatable bonds is 3. The number of carbonyl (C=O) groups excluding carboxylic acids is 2. The van der Waals surface area contributed by atoms with E-state index < -0.39 is 0 Å². The van der Waals surface area contributed by atoms with Crippen LogP contribution in [0, 0.1) is 0 Å². The van der Waals surface area contributed by atoms with Gasteiger partial charge in [-0.1, -0.05) is 0 Å². The average Bonchev–Trinajstić information content (AvgIpc) is 2.85. The molecule has 0 spiro atoms. The molecule has 2 heterocycles. The number of nitrogens with zero attached hydrogens (tertiary/aromatic N) is 2. The number of esters is 1. The van der Waals surface area contributed by atoms with Gasteiger partial charge in [0.1, 0.15) is 5.69 Å². The molecule has 1 aromatic heterocycles. The fourth-order valence-corrected chi connectivity index (χ4v) is 2.83. The molecule has 1 atom stereocenters. The third-order valence-corrected chi connectivity index (χ3v) is 3.93. The summed E-state index contributed by atoms with van der Waals surface area (Å²) in [6.07, 6.45) is 3.02. The standard InChI is InChI=1S/C12H17N3O3S/c1-18-10(16)6-8-4-2-3-5-15(8)11(17)9-7-19-12(13)14-9/h7-8H,2-6H2,1H3,(H2,13,14). The number of nitrogens with two attached hydrogens (primary N) is 1. The third kappa shape index (κ3) is 3.23. The fourth-order valence-electron chi connectivity index (χ4n) is 2.29. The molecule has 104 valence electrons. The molecular weight excluding hydrogens is 266 g/mol. The van der Waals surface area contributed by atoms with E-state index in [-0.39, 0.29) is 24.3 Å².